The van der Waals surface area contributed by atoms with E-state index in [1.54, 1.807) is 0 Å². The second-order valence-corrected chi connectivity index (χ2v) is 2.20. The number of alkyl halides is 9. The molecule has 0 aromatic heterocycles. The quantitative estimate of drug-likeness (QED) is 0.529. The zero-order valence-corrected chi connectivity index (χ0v) is 7.63. The topological polar surface area (TPSA) is 20.2 Å². The maximum atomic E-state index is 11.4. The Hall–Kier alpha value is 0.0703. The Kier molecular flexibility index (Phi) is 4.83. The van der Waals surface area contributed by atoms with E-state index in [0.717, 1.165) is 0 Å². The Morgan fingerprint density at radius 3 is 0.667 bits per heavy atom. The van der Waals surface area contributed by atoms with Gasteiger partial charge in [0.25, 0.3) is 0 Å². The van der Waals surface area contributed by atoms with E-state index in [-0.39, 0.29) is 22.4 Å². The summed E-state index contributed by atoms with van der Waals surface area (Å²) < 4.78 is 103. The van der Waals surface area contributed by atoms with Crippen LogP contribution in [0.2, 0.25) is 0 Å². The number of rotatable bonds is 0. The molecule has 0 aliphatic carbocycles. The molecule has 0 fully saturated rings. The molecule has 0 aliphatic rings. The molecule has 0 atom stereocenters. The van der Waals surface area contributed by atoms with Crippen LogP contribution in [0.4, 0.5) is 39.5 Å². The molecule has 97 valence electrons. The van der Waals surface area contributed by atoms with Gasteiger partial charge in [0, 0.05) is 22.4 Å². The van der Waals surface area contributed by atoms with Crippen molar-refractivity contribution in [2.24, 2.45) is 0 Å². The molecule has 0 spiro atoms. The van der Waals surface area contributed by atoms with E-state index >= 15 is 0 Å². The molecule has 1 nitrogen and oxygen atoms in total. The predicted octanol–water partition coefficient (Wildman–Crippen LogP) is 2.40. The van der Waals surface area contributed by atoms with E-state index in [9.17, 15) is 39.5 Å². The third-order valence-corrected chi connectivity index (χ3v) is 1.23. The van der Waals surface area contributed by atoms with Crippen molar-refractivity contribution in [3.63, 3.8) is 0 Å². The number of hydrogen-bond acceptors (Lipinski definition) is 1. The second-order valence-electron chi connectivity index (χ2n) is 2.20. The van der Waals surface area contributed by atoms with Gasteiger partial charge in [-0.25, -0.2) is 0 Å². The van der Waals surface area contributed by atoms with Crippen LogP contribution in [0.3, 0.4) is 0 Å². The molecule has 0 saturated heterocycles. The fourth-order valence-corrected chi connectivity index (χ4v) is 0.482. The fraction of sp³-hybridized carbons (Fsp3) is 1.00. The van der Waals surface area contributed by atoms with Crippen molar-refractivity contribution in [3.05, 3.63) is 0 Å². The van der Waals surface area contributed by atoms with Gasteiger partial charge in [-0.05, 0) is 0 Å². The number of halogens is 9. The van der Waals surface area contributed by atoms with Crippen molar-refractivity contribution in [3.8, 4) is 0 Å². The summed E-state index contributed by atoms with van der Waals surface area (Å²) in [6, 6.07) is 0. The van der Waals surface area contributed by atoms with Crippen LogP contribution in [-0.2, 0) is 22.4 Å². The van der Waals surface area contributed by atoms with Crippen LogP contribution in [0.25, 0.3) is 0 Å². The van der Waals surface area contributed by atoms with E-state index in [0.29, 0.717) is 0 Å². The van der Waals surface area contributed by atoms with Gasteiger partial charge in [-0.15, -0.1) is 0 Å². The first-order chi connectivity index (χ1) is 5.75. The summed E-state index contributed by atoms with van der Waals surface area (Å²) in [4.78, 5) is 0. The van der Waals surface area contributed by atoms with Gasteiger partial charge in [-0.2, -0.15) is 39.5 Å². The third kappa shape index (κ3) is 2.80. The third-order valence-electron chi connectivity index (χ3n) is 1.23. The second kappa shape index (κ2) is 4.15. The van der Waals surface area contributed by atoms with Crippen molar-refractivity contribution in [1.29, 1.82) is 0 Å². The summed E-state index contributed by atoms with van der Waals surface area (Å²) in [5.41, 5.74) is -6.69. The van der Waals surface area contributed by atoms with E-state index in [2.05, 4.69) is 0 Å². The standard InChI is InChI=1S/C4HF9O.Ag/c5-2(6,7)1(14,3(8,9)10)4(11,12)13;/h14H;. The van der Waals surface area contributed by atoms with Gasteiger partial charge in [0.1, 0.15) is 0 Å². The van der Waals surface area contributed by atoms with Crippen LogP contribution in [-0.4, -0.2) is 29.2 Å². The predicted molar refractivity (Wildman–Crippen MR) is 23.1 cm³/mol. The van der Waals surface area contributed by atoms with Gasteiger partial charge in [0.15, 0.2) is 0 Å². The van der Waals surface area contributed by atoms with Crippen LogP contribution < -0.4 is 0 Å². The molecule has 0 aliphatic heterocycles. The minimum Gasteiger partial charge on any atom is -0.367 e. The van der Waals surface area contributed by atoms with Crippen molar-refractivity contribution in [1.82, 2.24) is 0 Å². The minimum atomic E-state index is -6.87. The Labute approximate surface area is 91.8 Å². The zero-order chi connectivity index (χ0) is 12.0. The summed E-state index contributed by atoms with van der Waals surface area (Å²) in [5.74, 6) is 0. The first-order valence-corrected chi connectivity index (χ1v) is 2.67. The zero-order valence-electron chi connectivity index (χ0n) is 6.15. The molecular formula is C4HAgF9O. The van der Waals surface area contributed by atoms with Crippen LogP contribution in [0.15, 0.2) is 0 Å². The van der Waals surface area contributed by atoms with Gasteiger partial charge < -0.3 is 5.11 Å². The van der Waals surface area contributed by atoms with Gasteiger partial charge in [-0.1, -0.05) is 0 Å². The molecule has 0 unspecified atom stereocenters. The van der Waals surface area contributed by atoms with Crippen LogP contribution in [0, 0.1) is 0 Å². The summed E-state index contributed by atoms with van der Waals surface area (Å²) in [7, 11) is 0. The van der Waals surface area contributed by atoms with Gasteiger partial charge in [0.2, 0.25) is 0 Å². The maximum Gasteiger partial charge on any atom is 0.435 e. The summed E-state index contributed by atoms with van der Waals surface area (Å²) in [6.45, 7) is 0. The van der Waals surface area contributed by atoms with Crippen LogP contribution >= 0.6 is 0 Å². The van der Waals surface area contributed by atoms with Crippen molar-refractivity contribution in [2.45, 2.75) is 24.1 Å². The molecule has 1 radical (unpaired) electrons. The Balaban J connectivity index is 0. The van der Waals surface area contributed by atoms with Crippen molar-refractivity contribution >= 4 is 0 Å². The normalized spacial score (nSPS) is 14.8. The molecule has 0 saturated carbocycles. The molecule has 11 heteroatoms. The average molecular weight is 344 g/mol. The molecule has 0 heterocycles. The van der Waals surface area contributed by atoms with Crippen molar-refractivity contribution < 1.29 is 67.0 Å². The van der Waals surface area contributed by atoms with Crippen molar-refractivity contribution in [2.75, 3.05) is 0 Å². The Morgan fingerprint density at radius 1 is 0.533 bits per heavy atom. The molecule has 0 rings (SSSR count). The summed E-state index contributed by atoms with van der Waals surface area (Å²) >= 11 is 0. The van der Waals surface area contributed by atoms with Crippen LogP contribution in [0.1, 0.15) is 0 Å². The minimum absolute atomic E-state index is 0. The molecule has 0 aromatic carbocycles. The maximum absolute atomic E-state index is 11.4. The monoisotopic (exact) mass is 343 g/mol. The SMILES string of the molecule is OC(C(F)(F)F)(C(F)(F)F)C(F)(F)F.[Ag]. The summed E-state index contributed by atoms with van der Waals surface area (Å²) in [5, 5.41) is 7.65. The average Bonchev–Trinajstić information content (AvgIpc) is 1.77. The van der Waals surface area contributed by atoms with E-state index in [1.165, 1.54) is 0 Å². The number of aliphatic hydroxyl groups is 1. The van der Waals surface area contributed by atoms with Gasteiger partial charge in [0.05, 0.1) is 0 Å². The smallest absolute Gasteiger partial charge is 0.367 e. The summed E-state index contributed by atoms with van der Waals surface area (Å²) in [6.07, 6.45) is -20.6. The molecular weight excluding hydrogens is 343 g/mol. The number of hydrogen-bond donors (Lipinski definition) is 1. The molecule has 0 aromatic rings. The molecule has 15 heavy (non-hydrogen) atoms. The van der Waals surface area contributed by atoms with E-state index in [1.807, 2.05) is 0 Å². The fourth-order valence-electron chi connectivity index (χ4n) is 0.482. The molecule has 0 amide bonds. The first-order valence-electron chi connectivity index (χ1n) is 2.67. The van der Waals surface area contributed by atoms with E-state index < -0.39 is 24.1 Å². The van der Waals surface area contributed by atoms with Gasteiger partial charge >= 0.3 is 24.1 Å². The largest absolute Gasteiger partial charge is 0.435 e. The van der Waals surface area contributed by atoms with Gasteiger partial charge in [-0.3, -0.25) is 0 Å². The first kappa shape index (κ1) is 17.5. The molecule has 1 N–H and O–H groups in total. The van der Waals surface area contributed by atoms with E-state index in [4.69, 9.17) is 5.11 Å². The van der Waals surface area contributed by atoms with Crippen LogP contribution in [0.5, 0.6) is 0 Å². The molecule has 0 bridgehead atoms. The Bertz CT molecular complexity index is 176. The Morgan fingerprint density at radius 2 is 0.667 bits per heavy atom.